The van der Waals surface area contributed by atoms with Gasteiger partial charge in [0.15, 0.2) is 0 Å². The van der Waals surface area contributed by atoms with Crippen LogP contribution in [0.3, 0.4) is 0 Å². The molecule has 0 saturated carbocycles. The van der Waals surface area contributed by atoms with Gasteiger partial charge in [0.1, 0.15) is 6.10 Å². The van der Waals surface area contributed by atoms with Crippen LogP contribution in [0.5, 0.6) is 0 Å². The molecule has 0 heterocycles. The van der Waals surface area contributed by atoms with Gasteiger partial charge in [-0.2, -0.15) is 0 Å². The summed E-state index contributed by atoms with van der Waals surface area (Å²) in [6, 6.07) is 5.12. The van der Waals surface area contributed by atoms with Gasteiger partial charge in [0.05, 0.1) is 6.10 Å². The molecule has 1 aromatic rings. The average molecular weight is 295 g/mol. The first-order valence-electron chi connectivity index (χ1n) is 4.57. The molecule has 15 heavy (non-hydrogen) atoms. The molecule has 0 bridgehead atoms. The number of benzene rings is 1. The van der Waals surface area contributed by atoms with Crippen LogP contribution in [0.25, 0.3) is 0 Å². The zero-order valence-corrected chi connectivity index (χ0v) is 10.4. The molecule has 3 nitrogen and oxygen atoms in total. The summed E-state index contributed by atoms with van der Waals surface area (Å²) in [5.41, 5.74) is 5.81. The molecule has 2 unspecified atom stereocenters. The molecule has 1 rings (SSSR count). The van der Waals surface area contributed by atoms with Crippen molar-refractivity contribution in [2.75, 3.05) is 6.54 Å². The van der Waals surface area contributed by atoms with E-state index in [0.717, 1.165) is 4.47 Å². The van der Waals surface area contributed by atoms with E-state index >= 15 is 0 Å². The Morgan fingerprint density at radius 2 is 2.07 bits per heavy atom. The number of aliphatic hydroxyl groups excluding tert-OH is 2. The molecule has 0 aliphatic carbocycles. The minimum absolute atomic E-state index is 0.326. The Kier molecular flexibility index (Phi) is 5.02. The predicted octanol–water partition coefficient (Wildman–Crippen LogP) is 1.85. The highest BCUT2D eigenvalue weighted by atomic mass is 79.9. The molecular formula is C10H13BrClNO2. The molecule has 0 aliphatic heterocycles. The SMILES string of the molecule is NCCC(O)C(O)c1ccc(Br)cc1Cl. The fourth-order valence-electron chi connectivity index (χ4n) is 1.28. The summed E-state index contributed by atoms with van der Waals surface area (Å²) < 4.78 is 0.830. The topological polar surface area (TPSA) is 66.5 Å². The van der Waals surface area contributed by atoms with Gasteiger partial charge in [-0.1, -0.05) is 33.6 Å². The number of hydrogen-bond donors (Lipinski definition) is 3. The molecule has 0 aromatic heterocycles. The van der Waals surface area contributed by atoms with Gasteiger partial charge >= 0.3 is 0 Å². The van der Waals surface area contributed by atoms with Crippen molar-refractivity contribution in [2.24, 2.45) is 5.73 Å². The van der Waals surface area contributed by atoms with E-state index in [1.807, 2.05) is 0 Å². The Balaban J connectivity index is 2.86. The summed E-state index contributed by atoms with van der Waals surface area (Å²) in [5, 5.41) is 19.8. The molecule has 5 heteroatoms. The Hall–Kier alpha value is -0.130. The van der Waals surface area contributed by atoms with Gasteiger partial charge in [0.2, 0.25) is 0 Å². The van der Waals surface area contributed by atoms with Crippen LogP contribution < -0.4 is 5.73 Å². The van der Waals surface area contributed by atoms with Gasteiger partial charge in [-0.3, -0.25) is 0 Å². The lowest BCUT2D eigenvalue weighted by atomic mass is 10.0. The van der Waals surface area contributed by atoms with Crippen molar-refractivity contribution in [1.29, 1.82) is 0 Å². The third kappa shape index (κ3) is 3.43. The molecule has 4 N–H and O–H groups in total. The van der Waals surface area contributed by atoms with Crippen LogP contribution in [0.15, 0.2) is 22.7 Å². The summed E-state index contributed by atoms with van der Waals surface area (Å²) in [5.74, 6) is 0. The summed E-state index contributed by atoms with van der Waals surface area (Å²) in [6.07, 6.45) is -1.53. The first kappa shape index (κ1) is 12.9. The van der Waals surface area contributed by atoms with Crippen molar-refractivity contribution >= 4 is 27.5 Å². The maximum Gasteiger partial charge on any atom is 0.106 e. The number of aliphatic hydroxyl groups is 2. The normalized spacial score (nSPS) is 15.0. The van der Waals surface area contributed by atoms with Gasteiger partial charge < -0.3 is 15.9 Å². The van der Waals surface area contributed by atoms with E-state index in [0.29, 0.717) is 23.6 Å². The van der Waals surface area contributed by atoms with E-state index < -0.39 is 12.2 Å². The van der Waals surface area contributed by atoms with E-state index in [9.17, 15) is 10.2 Å². The smallest absolute Gasteiger partial charge is 0.106 e. The molecule has 0 spiro atoms. The quantitative estimate of drug-likeness (QED) is 0.794. The Morgan fingerprint density at radius 1 is 1.40 bits per heavy atom. The molecule has 0 amide bonds. The van der Waals surface area contributed by atoms with Gasteiger partial charge in [0.25, 0.3) is 0 Å². The number of halogens is 2. The van der Waals surface area contributed by atoms with Crippen molar-refractivity contribution in [3.63, 3.8) is 0 Å². The average Bonchev–Trinajstić information content (AvgIpc) is 2.17. The maximum absolute atomic E-state index is 9.79. The molecular weight excluding hydrogens is 281 g/mol. The first-order chi connectivity index (χ1) is 7.06. The standard InChI is InChI=1S/C10H13BrClNO2/c11-6-1-2-7(8(12)5-6)10(15)9(14)3-4-13/h1-2,5,9-10,14-15H,3-4,13H2. The monoisotopic (exact) mass is 293 g/mol. The summed E-state index contributed by atoms with van der Waals surface area (Å²) >= 11 is 9.20. The molecule has 1 aromatic carbocycles. The summed E-state index contributed by atoms with van der Waals surface area (Å²) in [7, 11) is 0. The predicted molar refractivity (Wildman–Crippen MR) is 63.8 cm³/mol. The second kappa shape index (κ2) is 5.82. The van der Waals surface area contributed by atoms with E-state index in [1.165, 1.54) is 0 Å². The van der Waals surface area contributed by atoms with Crippen LogP contribution in [0.4, 0.5) is 0 Å². The van der Waals surface area contributed by atoms with E-state index in [-0.39, 0.29) is 0 Å². The fourth-order valence-corrected chi connectivity index (χ4v) is 2.06. The van der Waals surface area contributed by atoms with Gasteiger partial charge in [-0.05, 0) is 25.1 Å². The highest BCUT2D eigenvalue weighted by molar-refractivity contribution is 9.10. The molecule has 0 aliphatic rings. The third-order valence-corrected chi connectivity index (χ3v) is 2.93. The van der Waals surface area contributed by atoms with E-state index in [2.05, 4.69) is 15.9 Å². The highest BCUT2D eigenvalue weighted by Gasteiger charge is 2.19. The molecule has 2 atom stereocenters. The highest BCUT2D eigenvalue weighted by Crippen LogP contribution is 2.28. The van der Waals surface area contributed by atoms with Crippen LogP contribution in [0, 0.1) is 0 Å². The van der Waals surface area contributed by atoms with Gasteiger partial charge in [0, 0.05) is 15.1 Å². The molecule has 0 radical (unpaired) electrons. The van der Waals surface area contributed by atoms with E-state index in [4.69, 9.17) is 17.3 Å². The fraction of sp³-hybridized carbons (Fsp3) is 0.400. The second-order valence-corrected chi connectivity index (χ2v) is 4.58. The Morgan fingerprint density at radius 3 is 2.60 bits per heavy atom. The van der Waals surface area contributed by atoms with Crippen molar-refractivity contribution in [3.05, 3.63) is 33.3 Å². The van der Waals surface area contributed by atoms with Crippen LogP contribution in [-0.4, -0.2) is 22.9 Å². The van der Waals surface area contributed by atoms with Crippen LogP contribution in [0.1, 0.15) is 18.1 Å². The maximum atomic E-state index is 9.79. The van der Waals surface area contributed by atoms with Crippen LogP contribution in [0.2, 0.25) is 5.02 Å². The lowest BCUT2D eigenvalue weighted by molar-refractivity contribution is 0.0151. The minimum Gasteiger partial charge on any atom is -0.390 e. The number of rotatable bonds is 4. The largest absolute Gasteiger partial charge is 0.390 e. The summed E-state index contributed by atoms with van der Waals surface area (Å²) in [6.45, 7) is 0.326. The van der Waals surface area contributed by atoms with Gasteiger partial charge in [-0.25, -0.2) is 0 Å². The van der Waals surface area contributed by atoms with Crippen molar-refractivity contribution in [3.8, 4) is 0 Å². The van der Waals surface area contributed by atoms with Crippen molar-refractivity contribution in [1.82, 2.24) is 0 Å². The van der Waals surface area contributed by atoms with Crippen LogP contribution >= 0.6 is 27.5 Å². The zero-order valence-electron chi connectivity index (χ0n) is 8.03. The number of hydrogen-bond acceptors (Lipinski definition) is 3. The lowest BCUT2D eigenvalue weighted by Gasteiger charge is -2.18. The van der Waals surface area contributed by atoms with E-state index in [1.54, 1.807) is 18.2 Å². The Labute approximate surface area is 102 Å². The van der Waals surface area contributed by atoms with Gasteiger partial charge in [-0.15, -0.1) is 0 Å². The molecule has 0 fully saturated rings. The third-order valence-electron chi connectivity index (χ3n) is 2.11. The second-order valence-electron chi connectivity index (χ2n) is 3.26. The summed E-state index contributed by atoms with van der Waals surface area (Å²) in [4.78, 5) is 0. The lowest BCUT2D eigenvalue weighted by Crippen LogP contribution is -2.22. The Bertz CT molecular complexity index is 335. The van der Waals surface area contributed by atoms with Crippen molar-refractivity contribution in [2.45, 2.75) is 18.6 Å². The molecule has 84 valence electrons. The molecule has 0 saturated heterocycles. The zero-order chi connectivity index (χ0) is 11.4. The first-order valence-corrected chi connectivity index (χ1v) is 5.74. The van der Waals surface area contributed by atoms with Crippen molar-refractivity contribution < 1.29 is 10.2 Å². The van der Waals surface area contributed by atoms with Crippen LogP contribution in [-0.2, 0) is 0 Å². The number of nitrogens with two attached hydrogens (primary N) is 1. The minimum atomic E-state index is -0.992.